The maximum absolute atomic E-state index is 13.3. The Balaban J connectivity index is 2.94. The molecule has 0 saturated heterocycles. The van der Waals surface area contributed by atoms with Crippen LogP contribution in [-0.4, -0.2) is 9.78 Å². The van der Waals surface area contributed by atoms with E-state index in [1.165, 1.54) is 25.7 Å². The molecule has 0 radical (unpaired) electrons. The predicted octanol–water partition coefficient (Wildman–Crippen LogP) is 7.00. The fourth-order valence-electron chi connectivity index (χ4n) is 3.26. The lowest BCUT2D eigenvalue weighted by Gasteiger charge is -2.32. The maximum Gasteiger partial charge on any atom is 0.268 e. The summed E-state index contributed by atoms with van der Waals surface area (Å²) in [5.74, 6) is 0. The molecule has 0 fully saturated rings. The average molecular weight is 440 g/mol. The summed E-state index contributed by atoms with van der Waals surface area (Å²) >= 11 is 1.94. The van der Waals surface area contributed by atoms with Gasteiger partial charge in [-0.05, 0) is 49.3 Å². The van der Waals surface area contributed by atoms with E-state index in [9.17, 15) is 8.78 Å². The van der Waals surface area contributed by atoms with Gasteiger partial charge in [0.05, 0.1) is 11.1 Å². The fraction of sp³-hybridized carbons (Fsp3) is 0.833. The van der Waals surface area contributed by atoms with Gasteiger partial charge in [-0.25, -0.2) is 8.78 Å². The molecule has 0 N–H and O–H groups in total. The molecule has 1 unspecified atom stereocenters. The van der Waals surface area contributed by atoms with Crippen LogP contribution < -0.4 is 0 Å². The minimum Gasteiger partial charge on any atom is -0.262 e. The average Bonchev–Trinajstić information content (AvgIpc) is 2.80. The number of halogens is 3. The van der Waals surface area contributed by atoms with Gasteiger partial charge in [-0.2, -0.15) is 5.10 Å². The zero-order chi connectivity index (χ0) is 17.5. The van der Waals surface area contributed by atoms with E-state index in [0.717, 1.165) is 32.1 Å². The topological polar surface area (TPSA) is 17.8 Å². The highest BCUT2D eigenvalue weighted by Crippen LogP contribution is 2.35. The Hall–Kier alpha value is -0.200. The van der Waals surface area contributed by atoms with Crippen molar-refractivity contribution >= 4 is 22.6 Å². The fourth-order valence-corrected chi connectivity index (χ4v) is 4.10. The molecule has 1 aromatic rings. The molecule has 1 heterocycles. The van der Waals surface area contributed by atoms with Crippen molar-refractivity contribution in [3.8, 4) is 0 Å². The molecule has 0 amide bonds. The van der Waals surface area contributed by atoms with Gasteiger partial charge in [-0.3, -0.25) is 4.68 Å². The highest BCUT2D eigenvalue weighted by molar-refractivity contribution is 14.1. The Bertz CT molecular complexity index is 474. The highest BCUT2D eigenvalue weighted by Gasteiger charge is 2.31. The number of aromatic nitrogens is 2. The normalized spacial score (nSPS) is 14.4. The summed E-state index contributed by atoms with van der Waals surface area (Å²) in [6, 6.07) is 0. The second-order valence-corrected chi connectivity index (χ2v) is 7.79. The van der Waals surface area contributed by atoms with E-state index < -0.39 is 6.43 Å². The molecule has 2 nitrogen and oxygen atoms in total. The Kier molecular flexibility index (Phi) is 9.01. The molecule has 0 aliphatic carbocycles. The molecule has 1 rings (SSSR count). The summed E-state index contributed by atoms with van der Waals surface area (Å²) in [6.07, 6.45) is 7.91. The first-order chi connectivity index (χ1) is 10.9. The number of unbranched alkanes of at least 4 members (excludes halogenated alkanes) is 5. The van der Waals surface area contributed by atoms with Crippen LogP contribution in [0.1, 0.15) is 96.2 Å². The zero-order valence-corrected chi connectivity index (χ0v) is 17.1. The molecule has 5 heteroatoms. The summed E-state index contributed by atoms with van der Waals surface area (Å²) in [5.41, 5.74) is 0.593. The monoisotopic (exact) mass is 440 g/mol. The first kappa shape index (κ1) is 20.8. The van der Waals surface area contributed by atoms with Crippen LogP contribution in [0.4, 0.5) is 8.78 Å². The van der Waals surface area contributed by atoms with Gasteiger partial charge in [0.15, 0.2) is 0 Å². The van der Waals surface area contributed by atoms with Crippen molar-refractivity contribution in [2.24, 2.45) is 0 Å². The molecule has 0 aromatic carbocycles. The van der Waals surface area contributed by atoms with Gasteiger partial charge in [-0.1, -0.05) is 58.8 Å². The summed E-state index contributed by atoms with van der Waals surface area (Å²) in [4.78, 5) is 0. The van der Waals surface area contributed by atoms with Crippen LogP contribution in [-0.2, 0) is 5.54 Å². The molecule has 1 aromatic heterocycles. The van der Waals surface area contributed by atoms with Crippen molar-refractivity contribution in [1.82, 2.24) is 9.78 Å². The molecule has 0 aliphatic rings. The minimum atomic E-state index is -2.45. The van der Waals surface area contributed by atoms with Crippen molar-refractivity contribution in [3.05, 3.63) is 15.0 Å². The first-order valence-electron chi connectivity index (χ1n) is 8.91. The lowest BCUT2D eigenvalue weighted by Crippen LogP contribution is -2.32. The highest BCUT2D eigenvalue weighted by atomic mass is 127. The van der Waals surface area contributed by atoms with Gasteiger partial charge in [0.25, 0.3) is 6.43 Å². The largest absolute Gasteiger partial charge is 0.268 e. The molecular formula is C18H31F2IN2. The second kappa shape index (κ2) is 9.94. The molecule has 1 atom stereocenters. The lowest BCUT2D eigenvalue weighted by molar-refractivity contribution is 0.148. The third kappa shape index (κ3) is 5.68. The molecule has 23 heavy (non-hydrogen) atoms. The number of hydrogen-bond acceptors (Lipinski definition) is 1. The third-order valence-corrected chi connectivity index (χ3v) is 5.53. The molecular weight excluding hydrogens is 409 g/mol. The maximum atomic E-state index is 13.3. The van der Waals surface area contributed by atoms with Gasteiger partial charge < -0.3 is 0 Å². The van der Waals surface area contributed by atoms with Crippen molar-refractivity contribution in [3.63, 3.8) is 0 Å². The molecule has 0 saturated carbocycles. The van der Waals surface area contributed by atoms with E-state index in [1.807, 2.05) is 27.3 Å². The molecule has 134 valence electrons. The molecule has 0 spiro atoms. The summed E-state index contributed by atoms with van der Waals surface area (Å²) < 4.78 is 28.9. The van der Waals surface area contributed by atoms with Crippen LogP contribution in [0.25, 0.3) is 0 Å². The number of alkyl halides is 2. The SMILES string of the molecule is CCCCCCCC(C)(CCCC)n1nc(I)c(C(F)F)c1C. The Morgan fingerprint density at radius 2 is 1.61 bits per heavy atom. The predicted molar refractivity (Wildman–Crippen MR) is 101 cm³/mol. The summed E-state index contributed by atoms with van der Waals surface area (Å²) in [5, 5.41) is 4.49. The second-order valence-electron chi connectivity index (χ2n) is 6.77. The van der Waals surface area contributed by atoms with Gasteiger partial charge in [-0.15, -0.1) is 0 Å². The van der Waals surface area contributed by atoms with E-state index in [1.54, 1.807) is 6.92 Å². The van der Waals surface area contributed by atoms with Crippen molar-refractivity contribution < 1.29 is 8.78 Å². The zero-order valence-electron chi connectivity index (χ0n) is 15.0. The van der Waals surface area contributed by atoms with Gasteiger partial charge in [0.2, 0.25) is 0 Å². The van der Waals surface area contributed by atoms with E-state index in [4.69, 9.17) is 0 Å². The van der Waals surface area contributed by atoms with Gasteiger partial charge in [0, 0.05) is 5.69 Å². The number of rotatable bonds is 11. The van der Waals surface area contributed by atoms with Gasteiger partial charge >= 0.3 is 0 Å². The van der Waals surface area contributed by atoms with E-state index in [0.29, 0.717) is 9.39 Å². The third-order valence-electron chi connectivity index (χ3n) is 4.73. The van der Waals surface area contributed by atoms with Crippen molar-refractivity contribution in [2.45, 2.75) is 97.4 Å². The Morgan fingerprint density at radius 1 is 1.04 bits per heavy atom. The first-order valence-corrected chi connectivity index (χ1v) is 9.98. The quantitative estimate of drug-likeness (QED) is 0.268. The van der Waals surface area contributed by atoms with Crippen LogP contribution >= 0.6 is 22.6 Å². The molecule has 0 bridgehead atoms. The Labute approximate surface area is 153 Å². The Morgan fingerprint density at radius 3 is 2.13 bits per heavy atom. The summed E-state index contributed by atoms with van der Waals surface area (Å²) in [7, 11) is 0. The van der Waals surface area contributed by atoms with E-state index in [-0.39, 0.29) is 11.1 Å². The van der Waals surface area contributed by atoms with Crippen LogP contribution in [0.2, 0.25) is 0 Å². The van der Waals surface area contributed by atoms with Crippen LogP contribution in [0, 0.1) is 10.6 Å². The number of hydrogen-bond donors (Lipinski definition) is 0. The smallest absolute Gasteiger partial charge is 0.262 e. The lowest BCUT2D eigenvalue weighted by atomic mass is 9.88. The van der Waals surface area contributed by atoms with E-state index in [2.05, 4.69) is 25.9 Å². The van der Waals surface area contributed by atoms with Crippen LogP contribution in [0.15, 0.2) is 0 Å². The van der Waals surface area contributed by atoms with Crippen LogP contribution in [0.3, 0.4) is 0 Å². The van der Waals surface area contributed by atoms with Crippen molar-refractivity contribution in [1.29, 1.82) is 0 Å². The van der Waals surface area contributed by atoms with Crippen molar-refractivity contribution in [2.75, 3.05) is 0 Å². The van der Waals surface area contributed by atoms with Crippen LogP contribution in [0.5, 0.6) is 0 Å². The number of nitrogens with zero attached hydrogens (tertiary/aromatic N) is 2. The van der Waals surface area contributed by atoms with Gasteiger partial charge in [0.1, 0.15) is 3.70 Å². The summed E-state index contributed by atoms with van der Waals surface area (Å²) in [6.45, 7) is 8.37. The minimum absolute atomic E-state index is 0.110. The standard InChI is InChI=1S/C18H31F2IN2/c1-5-7-9-10-11-13-18(4,12-8-6-2)23-14(3)15(16(19)20)17(21)22-23/h16H,5-13H2,1-4H3. The van der Waals surface area contributed by atoms with E-state index >= 15 is 0 Å². The molecule has 0 aliphatic heterocycles.